The van der Waals surface area contributed by atoms with E-state index in [1.165, 1.54) is 17.7 Å². The molecule has 0 saturated carbocycles. The number of fused-ring (bicyclic) bond motifs is 2. The quantitative estimate of drug-likeness (QED) is 0.300. The van der Waals surface area contributed by atoms with Gasteiger partial charge in [-0.15, -0.1) is 11.3 Å². The maximum atomic E-state index is 13.3. The molecule has 36 heavy (non-hydrogen) atoms. The van der Waals surface area contributed by atoms with Gasteiger partial charge in [-0.3, -0.25) is 14.5 Å². The van der Waals surface area contributed by atoms with Crippen LogP contribution in [0.2, 0.25) is 0 Å². The Morgan fingerprint density at radius 2 is 1.97 bits per heavy atom. The zero-order valence-electron chi connectivity index (χ0n) is 19.4. The number of amides is 1. The van der Waals surface area contributed by atoms with Crippen molar-refractivity contribution in [2.24, 2.45) is 4.99 Å². The van der Waals surface area contributed by atoms with Crippen molar-refractivity contribution in [1.29, 1.82) is 0 Å². The Labute approximate surface area is 211 Å². The smallest absolute Gasteiger partial charge is 0.258 e. The number of hydrogen-bond donors (Lipinski definition) is 4. The second-order valence-corrected chi connectivity index (χ2v) is 11.0. The summed E-state index contributed by atoms with van der Waals surface area (Å²) in [5.41, 5.74) is 11.6. The summed E-state index contributed by atoms with van der Waals surface area (Å²) < 4.78 is 26.3. The molecular weight excluding hydrogens is 498 g/mol. The Kier molecular flexibility index (Phi) is 6.06. The van der Waals surface area contributed by atoms with Crippen LogP contribution in [0.3, 0.4) is 0 Å². The minimum atomic E-state index is -3.39. The van der Waals surface area contributed by atoms with Crippen LogP contribution in [0.4, 0.5) is 22.9 Å². The summed E-state index contributed by atoms with van der Waals surface area (Å²) in [6.45, 7) is 1.94. The lowest BCUT2D eigenvalue weighted by Gasteiger charge is -2.26. The fourth-order valence-corrected chi connectivity index (χ4v) is 5.59. The third-order valence-electron chi connectivity index (χ3n) is 5.74. The van der Waals surface area contributed by atoms with E-state index >= 15 is 0 Å². The van der Waals surface area contributed by atoms with Gasteiger partial charge in [0.05, 0.1) is 27.7 Å². The Morgan fingerprint density at radius 3 is 2.78 bits per heavy atom. The molecule has 0 bridgehead atoms. The van der Waals surface area contributed by atoms with Gasteiger partial charge in [0, 0.05) is 35.0 Å². The predicted molar refractivity (Wildman–Crippen MR) is 144 cm³/mol. The Morgan fingerprint density at radius 1 is 1.17 bits per heavy atom. The van der Waals surface area contributed by atoms with Crippen LogP contribution in [0.15, 0.2) is 53.1 Å². The minimum absolute atomic E-state index is 0.276. The molecule has 1 aliphatic rings. The lowest BCUT2D eigenvalue weighted by atomic mass is 9.95. The lowest BCUT2D eigenvalue weighted by molar-refractivity contribution is 0.102. The molecule has 0 radical (unpaired) electrons. The molecule has 0 fully saturated rings. The number of nitrogens with zero attached hydrogens (tertiary/aromatic N) is 3. The first-order valence-electron chi connectivity index (χ1n) is 11.0. The molecule has 1 unspecified atom stereocenters. The molecule has 1 atom stereocenters. The van der Waals surface area contributed by atoms with E-state index in [0.717, 1.165) is 28.6 Å². The van der Waals surface area contributed by atoms with Crippen molar-refractivity contribution in [1.82, 2.24) is 9.97 Å². The summed E-state index contributed by atoms with van der Waals surface area (Å²) in [6.07, 6.45) is 4.41. The van der Waals surface area contributed by atoms with Crippen LogP contribution in [-0.4, -0.2) is 36.8 Å². The van der Waals surface area contributed by atoms with Gasteiger partial charge in [-0.2, -0.15) is 0 Å². The summed E-state index contributed by atoms with van der Waals surface area (Å²) in [7, 11) is -3.39. The molecule has 0 spiro atoms. The van der Waals surface area contributed by atoms with E-state index < -0.39 is 16.2 Å². The second-order valence-electron chi connectivity index (χ2n) is 8.40. The van der Waals surface area contributed by atoms with E-state index in [1.54, 1.807) is 23.6 Å². The summed E-state index contributed by atoms with van der Waals surface area (Å²) in [6, 6.07) is 10.9. The number of aryl methyl sites for hydroxylation is 1. The van der Waals surface area contributed by atoms with E-state index in [0.29, 0.717) is 39.4 Å². The first-order chi connectivity index (χ1) is 17.2. The predicted octanol–water partition coefficient (Wildman–Crippen LogP) is 3.94. The molecule has 12 heteroatoms. The van der Waals surface area contributed by atoms with Crippen LogP contribution in [-0.2, 0) is 16.4 Å². The van der Waals surface area contributed by atoms with Crippen LogP contribution in [0.25, 0.3) is 10.2 Å². The third-order valence-corrected chi connectivity index (χ3v) is 7.33. The van der Waals surface area contributed by atoms with Crippen molar-refractivity contribution in [2.45, 2.75) is 19.5 Å². The highest BCUT2D eigenvalue weighted by atomic mass is 32.2. The van der Waals surface area contributed by atoms with Gasteiger partial charge in [-0.05, 0) is 36.2 Å². The molecule has 5 rings (SSSR count). The first kappa shape index (κ1) is 23.7. The van der Waals surface area contributed by atoms with E-state index in [-0.39, 0.29) is 5.91 Å². The highest BCUT2D eigenvalue weighted by Gasteiger charge is 2.24. The van der Waals surface area contributed by atoms with Crippen molar-refractivity contribution in [3.05, 3.63) is 70.4 Å². The van der Waals surface area contributed by atoms with Crippen LogP contribution >= 0.6 is 11.3 Å². The molecule has 184 valence electrons. The second kappa shape index (κ2) is 9.21. The molecule has 1 aliphatic heterocycles. The number of rotatable bonds is 6. The number of sulfonamides is 1. The van der Waals surface area contributed by atoms with Gasteiger partial charge in [0.25, 0.3) is 5.91 Å². The first-order valence-corrected chi connectivity index (χ1v) is 13.7. The number of aliphatic imine (C=N–C) groups is 1. The number of nitrogens with one attached hydrogen (secondary N) is 3. The van der Waals surface area contributed by atoms with Crippen LogP contribution in [0, 0.1) is 6.92 Å². The van der Waals surface area contributed by atoms with Gasteiger partial charge in [0.1, 0.15) is 18.3 Å². The third kappa shape index (κ3) is 4.72. The zero-order valence-corrected chi connectivity index (χ0v) is 21.1. The SMILES string of the molecule is Cc1ccc2c(c1NC(=O)c1csc3c(N)ncnc13)CC=NC2Nc1cccc(NS(C)(=O)=O)c1. The fraction of sp³-hybridized carbons (Fsp3) is 0.167. The normalized spacial score (nSPS) is 14.9. The van der Waals surface area contributed by atoms with Crippen molar-refractivity contribution in [3.8, 4) is 0 Å². The monoisotopic (exact) mass is 521 g/mol. The fourth-order valence-electron chi connectivity index (χ4n) is 4.13. The van der Waals surface area contributed by atoms with E-state index in [4.69, 9.17) is 5.73 Å². The number of benzene rings is 2. The highest BCUT2D eigenvalue weighted by molar-refractivity contribution is 7.92. The van der Waals surface area contributed by atoms with Crippen LogP contribution < -0.4 is 21.1 Å². The Hall–Kier alpha value is -4.03. The van der Waals surface area contributed by atoms with E-state index in [1.807, 2.05) is 31.3 Å². The van der Waals surface area contributed by atoms with Crippen molar-refractivity contribution in [2.75, 3.05) is 27.3 Å². The van der Waals surface area contributed by atoms with Crippen molar-refractivity contribution < 1.29 is 13.2 Å². The van der Waals surface area contributed by atoms with Crippen molar-refractivity contribution in [3.63, 3.8) is 0 Å². The van der Waals surface area contributed by atoms with Gasteiger partial charge in [-0.25, -0.2) is 18.4 Å². The van der Waals surface area contributed by atoms with E-state index in [2.05, 4.69) is 30.3 Å². The molecule has 10 nitrogen and oxygen atoms in total. The molecule has 0 aliphatic carbocycles. The van der Waals surface area contributed by atoms with Gasteiger partial charge in [-0.1, -0.05) is 18.2 Å². The molecule has 2 aromatic heterocycles. The van der Waals surface area contributed by atoms with Gasteiger partial charge in [0.15, 0.2) is 0 Å². The summed E-state index contributed by atoms with van der Waals surface area (Å²) in [5, 5.41) is 8.15. The average Bonchev–Trinajstić information content (AvgIpc) is 3.26. The number of carbonyl (C=O) groups is 1. The van der Waals surface area contributed by atoms with Crippen LogP contribution in [0.1, 0.15) is 33.2 Å². The van der Waals surface area contributed by atoms with Gasteiger partial charge in [0.2, 0.25) is 10.0 Å². The maximum Gasteiger partial charge on any atom is 0.258 e. The molecule has 1 amide bonds. The summed E-state index contributed by atoms with van der Waals surface area (Å²) in [5.74, 6) is 0.0701. The van der Waals surface area contributed by atoms with Gasteiger partial charge < -0.3 is 16.4 Å². The average molecular weight is 522 g/mol. The summed E-state index contributed by atoms with van der Waals surface area (Å²) >= 11 is 1.33. The Balaban J connectivity index is 1.44. The number of aromatic nitrogens is 2. The van der Waals surface area contributed by atoms with Gasteiger partial charge >= 0.3 is 0 Å². The number of thiophene rings is 1. The maximum absolute atomic E-state index is 13.3. The molecule has 5 N–H and O–H groups in total. The molecule has 2 aromatic carbocycles. The number of nitrogens with two attached hydrogens (primary N) is 1. The number of carbonyl (C=O) groups excluding carboxylic acids is 1. The largest absolute Gasteiger partial charge is 0.382 e. The standard InChI is InChI=1S/C24H23N7O3S2/c1-13-6-7-17-16(19(13)30-24(32)18-11-35-21-20(18)27-12-28-22(21)25)8-9-26-23(17)29-14-4-3-5-15(10-14)31-36(2,33)34/h3-7,9-12,23,29,31H,8H2,1-2H3,(H,30,32)(H2,25,27,28). The Bertz CT molecular complexity index is 1630. The molecule has 3 heterocycles. The molecule has 0 saturated heterocycles. The summed E-state index contributed by atoms with van der Waals surface area (Å²) in [4.78, 5) is 26.1. The number of hydrogen-bond acceptors (Lipinski definition) is 9. The van der Waals surface area contributed by atoms with Crippen molar-refractivity contribution >= 4 is 66.6 Å². The van der Waals surface area contributed by atoms with Crippen LogP contribution in [0.5, 0.6) is 0 Å². The highest BCUT2D eigenvalue weighted by Crippen LogP contribution is 2.35. The molecule has 4 aromatic rings. The molecular formula is C24H23N7O3S2. The number of anilines is 4. The topological polar surface area (TPSA) is 151 Å². The zero-order chi connectivity index (χ0) is 25.4. The number of nitrogen functional groups attached to an aromatic ring is 1. The van der Waals surface area contributed by atoms with E-state index in [9.17, 15) is 13.2 Å². The minimum Gasteiger partial charge on any atom is -0.382 e. The lowest BCUT2D eigenvalue weighted by Crippen LogP contribution is -2.20.